The highest BCUT2D eigenvalue weighted by Gasteiger charge is 2.35. The Kier molecular flexibility index (Phi) is 7.49. The molecule has 5 heteroatoms. The number of nitrogens with zero attached hydrogens (tertiary/aromatic N) is 2. The predicted molar refractivity (Wildman–Crippen MR) is 143 cm³/mol. The number of ether oxygens (including phenoxy) is 1. The van der Waals surface area contributed by atoms with Crippen molar-refractivity contribution < 1.29 is 9.84 Å². The van der Waals surface area contributed by atoms with Gasteiger partial charge < -0.3 is 14.4 Å². The Hall–Kier alpha value is -2.11. The van der Waals surface area contributed by atoms with Crippen LogP contribution in [0.3, 0.4) is 0 Å². The highest BCUT2D eigenvalue weighted by atomic mass is 16.5. The zero-order chi connectivity index (χ0) is 25.4. The average molecular weight is 481 g/mol. The smallest absolute Gasteiger partial charge is 0.250 e. The number of piperidine rings is 1. The van der Waals surface area contributed by atoms with Crippen LogP contribution in [-0.4, -0.2) is 46.9 Å². The molecule has 2 aliphatic rings. The molecule has 0 saturated carbocycles. The van der Waals surface area contributed by atoms with Gasteiger partial charge in [0.05, 0.1) is 0 Å². The number of hydrogen-bond donors (Lipinski definition) is 1. The van der Waals surface area contributed by atoms with E-state index in [1.165, 1.54) is 11.1 Å². The van der Waals surface area contributed by atoms with Crippen molar-refractivity contribution in [3.05, 3.63) is 63.6 Å². The summed E-state index contributed by atoms with van der Waals surface area (Å²) in [5, 5.41) is 10.9. The lowest BCUT2D eigenvalue weighted by Gasteiger charge is -2.43. The first-order chi connectivity index (χ1) is 16.5. The topological polar surface area (TPSA) is 54.7 Å². The van der Waals surface area contributed by atoms with Crippen LogP contribution in [0, 0.1) is 5.92 Å². The maximum absolute atomic E-state index is 12.3. The van der Waals surface area contributed by atoms with E-state index in [9.17, 15) is 9.90 Å². The van der Waals surface area contributed by atoms with Crippen molar-refractivity contribution in [3.63, 3.8) is 0 Å². The standard InChI is InChI=1S/C30H44N2O3/c1-7-29(3,4)23-13-24(30(5,6)8-2)15-26(14-23)35-20-25(33)19-31-16-21-12-22(18-31)27-10-9-11-28(34)32(27)17-21/h9-11,13-15,21-22,25,33H,7-8,12,16-20H2,1-6H3/t21-,22+,25?/m0/s1. The summed E-state index contributed by atoms with van der Waals surface area (Å²) in [6, 6.07) is 12.3. The quantitative estimate of drug-likeness (QED) is 0.544. The lowest BCUT2D eigenvalue weighted by atomic mass is 9.76. The molecule has 1 fully saturated rings. The van der Waals surface area contributed by atoms with Gasteiger partial charge in [-0.2, -0.15) is 0 Å². The first kappa shape index (κ1) is 26.0. The molecule has 2 aromatic rings. The molecule has 0 aliphatic carbocycles. The molecular weight excluding hydrogens is 436 g/mol. The van der Waals surface area contributed by atoms with Crippen molar-refractivity contribution in [3.8, 4) is 5.75 Å². The van der Waals surface area contributed by atoms with E-state index in [-0.39, 0.29) is 23.0 Å². The second-order valence-corrected chi connectivity index (χ2v) is 12.1. The number of aliphatic hydroxyl groups is 1. The van der Waals surface area contributed by atoms with Gasteiger partial charge in [-0.1, -0.05) is 53.7 Å². The second-order valence-electron chi connectivity index (χ2n) is 12.1. The van der Waals surface area contributed by atoms with Gasteiger partial charge in [0.2, 0.25) is 0 Å². The number of fused-ring (bicyclic) bond motifs is 4. The first-order valence-electron chi connectivity index (χ1n) is 13.4. The molecule has 2 aliphatic heterocycles. The molecule has 1 aromatic heterocycles. The number of hydrogen-bond acceptors (Lipinski definition) is 4. The number of benzene rings is 1. The van der Waals surface area contributed by atoms with Gasteiger partial charge in [-0.05, 0) is 65.3 Å². The normalized spacial score (nSPS) is 21.5. The summed E-state index contributed by atoms with van der Waals surface area (Å²) in [6.07, 6.45) is 2.68. The molecule has 3 atom stereocenters. The Morgan fingerprint density at radius 1 is 1.00 bits per heavy atom. The minimum absolute atomic E-state index is 0.0698. The summed E-state index contributed by atoms with van der Waals surface area (Å²) in [4.78, 5) is 14.6. The van der Waals surface area contributed by atoms with E-state index in [2.05, 4.69) is 70.7 Å². The fraction of sp³-hybridized carbons (Fsp3) is 0.633. The molecule has 1 saturated heterocycles. The number of rotatable bonds is 9. The van der Waals surface area contributed by atoms with E-state index in [0.717, 1.165) is 50.3 Å². The number of likely N-dealkylation sites (tertiary alicyclic amines) is 1. The minimum Gasteiger partial charge on any atom is -0.491 e. The van der Waals surface area contributed by atoms with E-state index >= 15 is 0 Å². The van der Waals surface area contributed by atoms with Crippen molar-refractivity contribution >= 4 is 0 Å². The third-order valence-corrected chi connectivity index (χ3v) is 8.70. The fourth-order valence-corrected chi connectivity index (χ4v) is 5.56. The monoisotopic (exact) mass is 480 g/mol. The van der Waals surface area contributed by atoms with Gasteiger partial charge in [0, 0.05) is 43.9 Å². The summed E-state index contributed by atoms with van der Waals surface area (Å²) < 4.78 is 8.17. The van der Waals surface area contributed by atoms with Gasteiger partial charge in [0.25, 0.3) is 5.56 Å². The Labute approximate surface area is 211 Å². The van der Waals surface area contributed by atoms with E-state index in [1.807, 2.05) is 10.6 Å². The first-order valence-corrected chi connectivity index (χ1v) is 13.4. The van der Waals surface area contributed by atoms with Crippen LogP contribution in [0.5, 0.6) is 5.75 Å². The Balaban J connectivity index is 1.42. The molecule has 2 bridgehead atoms. The molecule has 0 radical (unpaired) electrons. The molecule has 192 valence electrons. The van der Waals surface area contributed by atoms with Crippen LogP contribution in [0.4, 0.5) is 0 Å². The average Bonchev–Trinajstić information content (AvgIpc) is 2.83. The Morgan fingerprint density at radius 3 is 2.29 bits per heavy atom. The maximum Gasteiger partial charge on any atom is 0.250 e. The number of β-amino-alcohol motifs (C(OH)–C–C–N with tert-alkyl or cyclic N) is 1. The van der Waals surface area contributed by atoms with E-state index in [0.29, 0.717) is 18.4 Å². The van der Waals surface area contributed by atoms with Gasteiger partial charge in [0.1, 0.15) is 18.5 Å². The van der Waals surface area contributed by atoms with Crippen LogP contribution < -0.4 is 10.3 Å². The van der Waals surface area contributed by atoms with Gasteiger partial charge in [-0.3, -0.25) is 9.69 Å². The summed E-state index contributed by atoms with van der Waals surface area (Å²) in [5.41, 5.74) is 3.98. The van der Waals surface area contributed by atoms with Crippen molar-refractivity contribution in [2.75, 3.05) is 26.2 Å². The molecule has 1 unspecified atom stereocenters. The molecule has 5 nitrogen and oxygen atoms in total. The number of aromatic nitrogens is 1. The van der Waals surface area contributed by atoms with E-state index in [1.54, 1.807) is 6.07 Å². The molecule has 0 amide bonds. The zero-order valence-electron chi connectivity index (χ0n) is 22.5. The van der Waals surface area contributed by atoms with Gasteiger partial charge >= 0.3 is 0 Å². The van der Waals surface area contributed by atoms with Crippen molar-refractivity contribution in [2.24, 2.45) is 5.92 Å². The minimum atomic E-state index is -0.558. The molecule has 35 heavy (non-hydrogen) atoms. The molecule has 4 rings (SSSR count). The SMILES string of the molecule is CCC(C)(C)c1cc(OCC(O)CN2C[C@@H]3C[C@H](C2)c2cccc(=O)n2C3)cc(C(C)(C)CC)c1. The number of pyridine rings is 1. The van der Waals surface area contributed by atoms with Crippen molar-refractivity contribution in [1.29, 1.82) is 0 Å². The van der Waals surface area contributed by atoms with Crippen LogP contribution >= 0.6 is 0 Å². The second kappa shape index (κ2) is 10.1. The summed E-state index contributed by atoms with van der Waals surface area (Å²) >= 11 is 0. The molecule has 0 spiro atoms. The third kappa shape index (κ3) is 5.67. The van der Waals surface area contributed by atoms with Gasteiger partial charge in [-0.15, -0.1) is 0 Å². The number of aliphatic hydroxyl groups excluding tert-OH is 1. The Bertz CT molecular complexity index is 1050. The zero-order valence-corrected chi connectivity index (χ0v) is 22.5. The third-order valence-electron chi connectivity index (χ3n) is 8.70. The maximum atomic E-state index is 12.3. The van der Waals surface area contributed by atoms with Gasteiger partial charge in [-0.25, -0.2) is 0 Å². The highest BCUT2D eigenvalue weighted by Crippen LogP contribution is 2.37. The Morgan fingerprint density at radius 2 is 1.66 bits per heavy atom. The molecule has 1 aromatic carbocycles. The van der Waals surface area contributed by atoms with E-state index in [4.69, 9.17) is 4.74 Å². The largest absolute Gasteiger partial charge is 0.491 e. The fourth-order valence-electron chi connectivity index (χ4n) is 5.56. The van der Waals surface area contributed by atoms with Crippen LogP contribution in [0.2, 0.25) is 0 Å². The van der Waals surface area contributed by atoms with Crippen LogP contribution in [0.15, 0.2) is 41.2 Å². The van der Waals surface area contributed by atoms with E-state index < -0.39 is 6.10 Å². The summed E-state index contributed by atoms with van der Waals surface area (Å²) in [6.45, 7) is 17.0. The lowest BCUT2D eigenvalue weighted by Crippen LogP contribution is -2.49. The predicted octanol–water partition coefficient (Wildman–Crippen LogP) is 5.08. The molecule has 3 heterocycles. The molecule has 1 N–H and O–H groups in total. The summed E-state index contributed by atoms with van der Waals surface area (Å²) in [5.74, 6) is 1.67. The lowest BCUT2D eigenvalue weighted by molar-refractivity contribution is 0.0383. The van der Waals surface area contributed by atoms with Gasteiger partial charge in [0.15, 0.2) is 0 Å². The van der Waals surface area contributed by atoms with Crippen LogP contribution in [0.25, 0.3) is 0 Å². The summed E-state index contributed by atoms with van der Waals surface area (Å²) in [7, 11) is 0. The van der Waals surface area contributed by atoms with Crippen LogP contribution in [0.1, 0.15) is 83.5 Å². The van der Waals surface area contributed by atoms with Crippen molar-refractivity contribution in [2.45, 2.75) is 90.2 Å². The van der Waals surface area contributed by atoms with Crippen LogP contribution in [-0.2, 0) is 17.4 Å². The molecular formula is C30H44N2O3. The van der Waals surface area contributed by atoms with Crippen molar-refractivity contribution in [1.82, 2.24) is 9.47 Å². The highest BCUT2D eigenvalue weighted by molar-refractivity contribution is 5.41.